The minimum Gasteiger partial charge on any atom is -0.456 e. The van der Waals surface area contributed by atoms with Gasteiger partial charge >= 0.3 is 5.97 Å². The quantitative estimate of drug-likeness (QED) is 0.746. The summed E-state index contributed by atoms with van der Waals surface area (Å²) >= 11 is 1.66. The smallest absolute Gasteiger partial charge is 0.306 e. The third-order valence-corrected chi connectivity index (χ3v) is 4.21. The molecule has 0 spiro atoms. The van der Waals surface area contributed by atoms with Crippen LogP contribution in [0, 0.1) is 11.3 Å². The Morgan fingerprint density at radius 2 is 2.00 bits per heavy atom. The van der Waals surface area contributed by atoms with Crippen LogP contribution in [0.2, 0.25) is 0 Å². The molecular weight excluding hydrogens is 324 g/mol. The number of nitrogens with one attached hydrogen (secondary N) is 1. The van der Waals surface area contributed by atoms with Gasteiger partial charge in [0, 0.05) is 17.0 Å². The molecule has 24 heavy (non-hydrogen) atoms. The minimum absolute atomic E-state index is 0.294. The average Bonchev–Trinajstić information content (AvgIpc) is 3.08. The van der Waals surface area contributed by atoms with Gasteiger partial charge < -0.3 is 10.1 Å². The molecule has 0 saturated heterocycles. The van der Waals surface area contributed by atoms with Crippen LogP contribution in [0.5, 0.6) is 0 Å². The van der Waals surface area contributed by atoms with Crippen LogP contribution in [-0.2, 0) is 27.2 Å². The standard InChI is InChI=1S/C18H18N2O3S/c19-11-10-14-6-8-15(9-7-14)20-17(21)13-23-18(22)5-1-3-16-4-2-12-24-16/h2,4,6-9,12H,1,3,5,10,13H2,(H,20,21). The summed E-state index contributed by atoms with van der Waals surface area (Å²) in [6, 6.07) is 13.1. The van der Waals surface area contributed by atoms with Gasteiger partial charge in [-0.1, -0.05) is 18.2 Å². The Bertz CT molecular complexity index is 703. The summed E-state index contributed by atoms with van der Waals surface area (Å²) < 4.78 is 4.97. The van der Waals surface area contributed by atoms with Crippen molar-refractivity contribution in [2.45, 2.75) is 25.7 Å². The lowest BCUT2D eigenvalue weighted by atomic mass is 10.1. The van der Waals surface area contributed by atoms with E-state index in [0.717, 1.165) is 12.0 Å². The van der Waals surface area contributed by atoms with Gasteiger partial charge in [-0.2, -0.15) is 5.26 Å². The van der Waals surface area contributed by atoms with Gasteiger partial charge in [0.05, 0.1) is 12.5 Å². The van der Waals surface area contributed by atoms with Crippen molar-refractivity contribution in [1.29, 1.82) is 5.26 Å². The number of benzene rings is 1. The first-order chi connectivity index (χ1) is 11.7. The lowest BCUT2D eigenvalue weighted by Crippen LogP contribution is -2.20. The van der Waals surface area contributed by atoms with Crippen LogP contribution in [-0.4, -0.2) is 18.5 Å². The van der Waals surface area contributed by atoms with Gasteiger partial charge in [0.25, 0.3) is 5.91 Å². The molecule has 0 bridgehead atoms. The van der Waals surface area contributed by atoms with Gasteiger partial charge in [-0.25, -0.2) is 0 Å². The Morgan fingerprint density at radius 1 is 1.21 bits per heavy atom. The second-order valence-electron chi connectivity index (χ2n) is 5.17. The summed E-state index contributed by atoms with van der Waals surface area (Å²) in [5.74, 6) is -0.749. The van der Waals surface area contributed by atoms with Crippen LogP contribution < -0.4 is 5.32 Å². The van der Waals surface area contributed by atoms with Gasteiger partial charge in [0.15, 0.2) is 6.61 Å². The van der Waals surface area contributed by atoms with Crippen LogP contribution in [0.15, 0.2) is 41.8 Å². The highest BCUT2D eigenvalue weighted by Gasteiger charge is 2.08. The minimum atomic E-state index is -0.380. The second kappa shape index (κ2) is 9.48. The molecule has 1 aromatic carbocycles. The van der Waals surface area contributed by atoms with Crippen LogP contribution >= 0.6 is 11.3 Å². The van der Waals surface area contributed by atoms with Gasteiger partial charge in [-0.15, -0.1) is 11.3 Å². The SMILES string of the molecule is N#CCc1ccc(NC(=O)COC(=O)CCCc2cccs2)cc1. The molecule has 0 aliphatic carbocycles. The Kier molecular flexibility index (Phi) is 6.99. The van der Waals surface area contributed by atoms with Gasteiger partial charge in [-0.3, -0.25) is 9.59 Å². The van der Waals surface area contributed by atoms with Gasteiger partial charge in [0.1, 0.15) is 0 Å². The normalized spacial score (nSPS) is 9.96. The molecule has 1 N–H and O–H groups in total. The predicted octanol–water partition coefficient (Wildman–Crippen LogP) is 3.32. The van der Waals surface area contributed by atoms with E-state index in [9.17, 15) is 9.59 Å². The largest absolute Gasteiger partial charge is 0.456 e. The van der Waals surface area contributed by atoms with Crippen molar-refractivity contribution in [2.24, 2.45) is 0 Å². The second-order valence-corrected chi connectivity index (χ2v) is 6.21. The first kappa shape index (κ1) is 17.7. The first-order valence-corrected chi connectivity index (χ1v) is 8.49. The molecule has 1 amide bonds. The molecule has 124 valence electrons. The molecule has 0 saturated carbocycles. The molecule has 2 aromatic rings. The number of carbonyl (C=O) groups is 2. The van der Waals surface area contributed by atoms with Gasteiger partial charge in [-0.05, 0) is 42.0 Å². The molecule has 6 heteroatoms. The number of thiophene rings is 1. The van der Waals surface area contributed by atoms with Crippen molar-refractivity contribution >= 4 is 28.9 Å². The highest BCUT2D eigenvalue weighted by atomic mass is 32.1. The topological polar surface area (TPSA) is 79.2 Å². The summed E-state index contributed by atoms with van der Waals surface area (Å²) in [4.78, 5) is 24.6. The average molecular weight is 342 g/mol. The number of aryl methyl sites for hydroxylation is 1. The fourth-order valence-electron chi connectivity index (χ4n) is 2.07. The number of hydrogen-bond acceptors (Lipinski definition) is 5. The highest BCUT2D eigenvalue weighted by molar-refractivity contribution is 7.09. The van der Waals surface area contributed by atoms with Crippen LogP contribution in [0.4, 0.5) is 5.69 Å². The molecule has 1 heterocycles. The zero-order valence-corrected chi connectivity index (χ0v) is 14.0. The molecule has 0 atom stereocenters. The zero-order valence-electron chi connectivity index (χ0n) is 13.2. The van der Waals surface area contributed by atoms with E-state index < -0.39 is 0 Å². The number of carbonyl (C=O) groups excluding carboxylic acids is 2. The van der Waals surface area contributed by atoms with E-state index in [-0.39, 0.29) is 18.5 Å². The molecule has 0 radical (unpaired) electrons. The molecular formula is C18H18N2O3S. The van der Waals surface area contributed by atoms with Crippen molar-refractivity contribution < 1.29 is 14.3 Å². The number of nitriles is 1. The lowest BCUT2D eigenvalue weighted by molar-refractivity contribution is -0.147. The van der Waals surface area contributed by atoms with E-state index >= 15 is 0 Å². The van der Waals surface area contributed by atoms with E-state index in [1.165, 1.54) is 4.88 Å². The van der Waals surface area contributed by atoms with Crippen molar-refractivity contribution in [3.05, 3.63) is 52.2 Å². The van der Waals surface area contributed by atoms with Crippen molar-refractivity contribution in [3.63, 3.8) is 0 Å². The molecule has 0 aliphatic rings. The number of hydrogen-bond donors (Lipinski definition) is 1. The first-order valence-electron chi connectivity index (χ1n) is 7.61. The number of nitrogens with zero attached hydrogens (tertiary/aromatic N) is 1. The Balaban J connectivity index is 1.65. The van der Waals surface area contributed by atoms with E-state index in [0.29, 0.717) is 24.9 Å². The fourth-order valence-corrected chi connectivity index (χ4v) is 2.83. The summed E-state index contributed by atoms with van der Waals surface area (Å²) in [6.07, 6.45) is 2.18. The Morgan fingerprint density at radius 3 is 2.67 bits per heavy atom. The monoisotopic (exact) mass is 342 g/mol. The summed E-state index contributed by atoms with van der Waals surface area (Å²) in [6.45, 7) is -0.294. The van der Waals surface area contributed by atoms with Crippen LogP contribution in [0.1, 0.15) is 23.3 Å². The summed E-state index contributed by atoms with van der Waals surface area (Å²) in [5.41, 5.74) is 1.49. The van der Waals surface area contributed by atoms with E-state index in [1.807, 2.05) is 17.5 Å². The summed E-state index contributed by atoms with van der Waals surface area (Å²) in [7, 11) is 0. The third kappa shape index (κ3) is 6.23. The maximum absolute atomic E-state index is 11.7. The number of rotatable bonds is 8. The van der Waals surface area contributed by atoms with E-state index in [1.54, 1.807) is 35.6 Å². The van der Waals surface area contributed by atoms with Crippen molar-refractivity contribution in [3.8, 4) is 6.07 Å². The molecule has 0 unspecified atom stereocenters. The molecule has 2 rings (SSSR count). The molecule has 0 fully saturated rings. The Hall–Kier alpha value is -2.65. The van der Waals surface area contributed by atoms with Crippen molar-refractivity contribution in [1.82, 2.24) is 0 Å². The fraction of sp³-hybridized carbons (Fsp3) is 0.278. The molecule has 1 aromatic heterocycles. The predicted molar refractivity (Wildman–Crippen MR) is 92.6 cm³/mol. The number of ether oxygens (including phenoxy) is 1. The highest BCUT2D eigenvalue weighted by Crippen LogP contribution is 2.12. The maximum Gasteiger partial charge on any atom is 0.306 e. The molecule has 5 nitrogen and oxygen atoms in total. The third-order valence-electron chi connectivity index (χ3n) is 3.27. The summed E-state index contributed by atoms with van der Waals surface area (Å²) in [5, 5.41) is 13.3. The van der Waals surface area contributed by atoms with Crippen LogP contribution in [0.3, 0.4) is 0 Å². The Labute approximate surface area is 144 Å². The van der Waals surface area contributed by atoms with Crippen molar-refractivity contribution in [2.75, 3.05) is 11.9 Å². The number of esters is 1. The van der Waals surface area contributed by atoms with E-state index in [4.69, 9.17) is 10.00 Å². The number of amides is 1. The molecule has 0 aliphatic heterocycles. The van der Waals surface area contributed by atoms with Crippen LogP contribution in [0.25, 0.3) is 0 Å². The zero-order chi connectivity index (χ0) is 17.2. The van der Waals surface area contributed by atoms with Gasteiger partial charge in [0.2, 0.25) is 0 Å². The lowest BCUT2D eigenvalue weighted by Gasteiger charge is -2.07. The van der Waals surface area contributed by atoms with E-state index in [2.05, 4.69) is 11.4 Å². The number of anilines is 1. The maximum atomic E-state index is 11.7.